The summed E-state index contributed by atoms with van der Waals surface area (Å²) < 4.78 is 1.64. The molecule has 6 rings (SSSR count). The van der Waals surface area contributed by atoms with E-state index >= 15 is 0 Å². The Morgan fingerprint density at radius 2 is 0.971 bits per heavy atom. The number of hydrogen-bond acceptors (Lipinski definition) is 0. The maximum atomic E-state index is 2.70. The molecule has 4 aliphatic carbocycles. The van der Waals surface area contributed by atoms with Gasteiger partial charge in [0.2, 0.25) is 0 Å². The summed E-state index contributed by atoms with van der Waals surface area (Å²) >= 11 is -1.96. The van der Waals surface area contributed by atoms with Gasteiger partial charge in [-0.2, -0.15) is 0 Å². The van der Waals surface area contributed by atoms with Crippen molar-refractivity contribution in [2.75, 3.05) is 0 Å². The molecule has 0 nitrogen and oxygen atoms in total. The third kappa shape index (κ3) is 4.23. The van der Waals surface area contributed by atoms with Crippen molar-refractivity contribution in [1.29, 1.82) is 0 Å². The average Bonchev–Trinajstić information content (AvgIpc) is 3.69. The molecule has 4 aliphatic rings. The van der Waals surface area contributed by atoms with Crippen molar-refractivity contribution in [2.45, 2.75) is 73.7 Å². The maximum absolute atomic E-state index is 2.70. The van der Waals surface area contributed by atoms with Crippen LogP contribution in [-0.2, 0) is 20.4 Å². The minimum absolute atomic E-state index is 0. The molecule has 0 spiro atoms. The Labute approximate surface area is 226 Å². The Hall–Kier alpha value is -0.400. The summed E-state index contributed by atoms with van der Waals surface area (Å²) in [5.74, 6) is 1.77. The number of allylic oxidation sites excluding steroid dienone is 2. The summed E-state index contributed by atoms with van der Waals surface area (Å²) in [6.07, 6.45) is 11.1. The Balaban J connectivity index is 0.00000137. The van der Waals surface area contributed by atoms with Crippen molar-refractivity contribution in [3.05, 3.63) is 79.9 Å². The van der Waals surface area contributed by atoms with Gasteiger partial charge in [0, 0.05) is 0 Å². The molecule has 2 aromatic rings. The van der Waals surface area contributed by atoms with Crippen molar-refractivity contribution < 1.29 is 20.4 Å². The van der Waals surface area contributed by atoms with Crippen molar-refractivity contribution in [1.82, 2.24) is 0 Å². The largest absolute Gasteiger partial charge is 0.147 e. The third-order valence-corrected chi connectivity index (χ3v) is 27.8. The molecule has 0 aliphatic heterocycles. The zero-order chi connectivity index (χ0) is 22.3. The van der Waals surface area contributed by atoms with Crippen LogP contribution in [0.2, 0.25) is 13.1 Å². The van der Waals surface area contributed by atoms with Crippen LogP contribution in [0.1, 0.15) is 77.4 Å². The van der Waals surface area contributed by atoms with E-state index in [0.29, 0.717) is 0 Å². The molecule has 0 aromatic heterocycles. The topological polar surface area (TPSA) is 0 Å². The fourth-order valence-corrected chi connectivity index (χ4v) is 27.6. The van der Waals surface area contributed by atoms with Crippen molar-refractivity contribution in [2.24, 2.45) is 11.8 Å². The van der Waals surface area contributed by atoms with Crippen molar-refractivity contribution >= 4 is 42.4 Å². The SMILES string of the molecule is Cc1ccc(C)c2c1C=C(C1CC1)[CH]2[Zr]([CH]1C(C2CC2)=Cc2c(C)ccc(C)c21)=[Si](C)C.Cl.Cl. The minimum Gasteiger partial charge on any atom is -0.147 e. The van der Waals surface area contributed by atoms with Gasteiger partial charge in [0.15, 0.2) is 0 Å². The molecule has 2 fully saturated rings. The molecule has 34 heavy (non-hydrogen) atoms. The Morgan fingerprint density at radius 3 is 1.29 bits per heavy atom. The first kappa shape index (κ1) is 26.7. The molecule has 180 valence electrons. The average molecular weight is 589 g/mol. The van der Waals surface area contributed by atoms with Crippen molar-refractivity contribution in [3.8, 4) is 0 Å². The quantitative estimate of drug-likeness (QED) is 0.313. The first-order valence-corrected chi connectivity index (χ1v) is 21.7. The number of hydrogen-bond donors (Lipinski definition) is 0. The van der Waals surface area contributed by atoms with Gasteiger partial charge in [-0.25, -0.2) is 0 Å². The summed E-state index contributed by atoms with van der Waals surface area (Å²) in [4.78, 5) is 0. The van der Waals surface area contributed by atoms with E-state index in [1.54, 1.807) is 33.4 Å². The number of benzene rings is 2. The smallest absolute Gasteiger partial charge is 0.147 e. The molecule has 0 saturated heterocycles. The minimum atomic E-state index is -1.96. The summed E-state index contributed by atoms with van der Waals surface area (Å²) in [5, 5.41) is 0. The zero-order valence-corrected chi connectivity index (χ0v) is 26.5. The molecular formula is C30H38Cl2SiZr. The van der Waals surface area contributed by atoms with Crippen LogP contribution >= 0.6 is 24.8 Å². The van der Waals surface area contributed by atoms with E-state index in [0.717, 1.165) is 19.1 Å². The van der Waals surface area contributed by atoms with E-state index in [2.05, 4.69) is 77.2 Å². The van der Waals surface area contributed by atoms with Gasteiger partial charge in [-0.3, -0.25) is 0 Å². The van der Waals surface area contributed by atoms with Crippen LogP contribution < -0.4 is 0 Å². The standard InChI is InChI=1S/2C14H15.C2H6Si.2ClH.Zr/c2*1-9-3-4-10(2)14-8-12(7-13(9)14)11-5-6-11;1-3-2;;;/h2*3-4,7-8,11H,5-6H2,1-2H3;1-2H3;2*1H;. The second kappa shape index (κ2) is 9.81. The molecule has 2 aromatic carbocycles. The molecule has 4 heteroatoms. The first-order valence-electron chi connectivity index (χ1n) is 12.7. The van der Waals surface area contributed by atoms with Gasteiger partial charge in [0.1, 0.15) is 0 Å². The number of rotatable bonds is 4. The van der Waals surface area contributed by atoms with E-state index in [9.17, 15) is 0 Å². The fraction of sp³-hybridized carbons (Fsp3) is 0.467. The molecule has 0 N–H and O–H groups in total. The second-order valence-corrected chi connectivity index (χ2v) is 29.1. The summed E-state index contributed by atoms with van der Waals surface area (Å²) in [5.41, 5.74) is 16.4. The van der Waals surface area contributed by atoms with E-state index in [1.807, 2.05) is 11.1 Å². The van der Waals surface area contributed by atoms with Crippen LogP contribution in [0.25, 0.3) is 12.2 Å². The maximum Gasteiger partial charge on any atom is -0.147 e. The molecule has 2 atom stereocenters. The van der Waals surface area contributed by atoms with Crippen LogP contribution in [0.15, 0.2) is 35.4 Å². The van der Waals surface area contributed by atoms with E-state index in [-0.39, 0.29) is 30.2 Å². The number of aryl methyl sites for hydroxylation is 4. The van der Waals surface area contributed by atoms with E-state index in [4.69, 9.17) is 0 Å². The first-order chi connectivity index (χ1) is 15.4. The second-order valence-electron chi connectivity index (χ2n) is 11.2. The monoisotopic (exact) mass is 586 g/mol. The Kier molecular flexibility index (Phi) is 7.69. The zero-order valence-electron chi connectivity index (χ0n) is 21.4. The van der Waals surface area contributed by atoms with Crippen molar-refractivity contribution in [3.63, 3.8) is 0 Å². The van der Waals surface area contributed by atoms with Gasteiger partial charge in [-0.05, 0) is 0 Å². The van der Waals surface area contributed by atoms with Crippen LogP contribution in [0.4, 0.5) is 0 Å². The normalized spacial score (nSPS) is 22.2. The predicted molar refractivity (Wildman–Crippen MR) is 151 cm³/mol. The Bertz CT molecular complexity index is 1170. The number of halogens is 2. The van der Waals surface area contributed by atoms with Crippen LogP contribution in [0, 0.1) is 39.5 Å². The predicted octanol–water partition coefficient (Wildman–Crippen LogP) is 9.03. The molecule has 0 heterocycles. The van der Waals surface area contributed by atoms with E-state index in [1.165, 1.54) is 36.8 Å². The van der Waals surface area contributed by atoms with Gasteiger partial charge >= 0.3 is 203 Å². The summed E-state index contributed by atoms with van der Waals surface area (Å²) in [6, 6.07) is 9.61. The van der Waals surface area contributed by atoms with Crippen LogP contribution in [0.3, 0.4) is 0 Å². The van der Waals surface area contributed by atoms with Gasteiger partial charge in [0.25, 0.3) is 0 Å². The molecule has 2 unspecified atom stereocenters. The molecule has 0 bridgehead atoms. The van der Waals surface area contributed by atoms with Crippen LogP contribution in [-0.4, -0.2) is 5.43 Å². The Morgan fingerprint density at radius 1 is 0.618 bits per heavy atom. The number of fused-ring (bicyclic) bond motifs is 2. The van der Waals surface area contributed by atoms with E-state index < -0.39 is 20.4 Å². The molecule has 2 saturated carbocycles. The summed E-state index contributed by atoms with van der Waals surface area (Å²) in [6.45, 7) is 14.9. The molecule has 0 amide bonds. The molecular weight excluding hydrogens is 551 g/mol. The summed E-state index contributed by atoms with van der Waals surface area (Å²) in [7, 11) is 0. The van der Waals surface area contributed by atoms with Gasteiger partial charge in [0.05, 0.1) is 0 Å². The third-order valence-electron chi connectivity index (χ3n) is 8.61. The fourth-order valence-electron chi connectivity index (χ4n) is 6.65. The van der Waals surface area contributed by atoms with Gasteiger partial charge < -0.3 is 0 Å². The van der Waals surface area contributed by atoms with Gasteiger partial charge in [-0.1, -0.05) is 0 Å². The van der Waals surface area contributed by atoms with Gasteiger partial charge in [-0.15, -0.1) is 24.8 Å². The molecule has 0 radical (unpaired) electrons. The van der Waals surface area contributed by atoms with Crippen LogP contribution in [0.5, 0.6) is 0 Å².